The van der Waals surface area contributed by atoms with Crippen LogP contribution in [0.15, 0.2) is 12.3 Å². The van der Waals surface area contributed by atoms with Gasteiger partial charge in [0.05, 0.1) is 5.56 Å². The summed E-state index contributed by atoms with van der Waals surface area (Å²) >= 11 is 0. The van der Waals surface area contributed by atoms with Crippen LogP contribution in [-0.4, -0.2) is 22.3 Å². The zero-order chi connectivity index (χ0) is 13.9. The van der Waals surface area contributed by atoms with E-state index in [4.69, 9.17) is 11.5 Å². The van der Waals surface area contributed by atoms with Gasteiger partial charge in [-0.15, -0.1) is 0 Å². The van der Waals surface area contributed by atoms with Crippen LogP contribution >= 0.6 is 0 Å². The number of aromatic nitrogens is 1. The van der Waals surface area contributed by atoms with Crippen LogP contribution < -0.4 is 16.8 Å². The van der Waals surface area contributed by atoms with Crippen molar-refractivity contribution in [2.45, 2.75) is 25.8 Å². The molecule has 5 N–H and O–H groups in total. The van der Waals surface area contributed by atoms with E-state index in [1.165, 1.54) is 12.3 Å². The van der Waals surface area contributed by atoms with Crippen LogP contribution in [0.1, 0.15) is 30.6 Å². The lowest BCUT2D eigenvalue weighted by Gasteiger charge is -2.24. The Labute approximate surface area is 104 Å². The second-order valence-corrected chi connectivity index (χ2v) is 4.54. The molecule has 98 valence electrons. The number of carbonyl (C=O) groups is 2. The minimum Gasteiger partial charge on any atom is -0.381 e. The van der Waals surface area contributed by atoms with E-state index in [2.05, 4.69) is 10.3 Å². The Morgan fingerprint density at radius 1 is 1.50 bits per heavy atom. The molecule has 0 aliphatic carbocycles. The van der Waals surface area contributed by atoms with Crippen molar-refractivity contribution in [3.63, 3.8) is 0 Å². The summed E-state index contributed by atoms with van der Waals surface area (Å²) in [5, 5.41) is 2.51. The number of amides is 2. The van der Waals surface area contributed by atoms with Gasteiger partial charge in [-0.2, -0.15) is 0 Å². The normalized spacial score (nSPS) is 11.1. The molecule has 0 unspecified atom stereocenters. The van der Waals surface area contributed by atoms with Gasteiger partial charge in [0.25, 0.3) is 5.91 Å². The zero-order valence-electron chi connectivity index (χ0n) is 10.2. The topological polar surface area (TPSA) is 111 Å². The number of nitrogens with zero attached hydrogens (tertiary/aromatic N) is 1. The third kappa shape index (κ3) is 3.41. The fourth-order valence-electron chi connectivity index (χ4n) is 1.49. The van der Waals surface area contributed by atoms with Crippen molar-refractivity contribution in [3.8, 4) is 0 Å². The van der Waals surface area contributed by atoms with Gasteiger partial charge in [0.1, 0.15) is 0 Å². The monoisotopic (exact) mass is 254 g/mol. The second-order valence-electron chi connectivity index (χ2n) is 4.54. The molecule has 18 heavy (non-hydrogen) atoms. The van der Waals surface area contributed by atoms with E-state index in [-0.39, 0.29) is 17.8 Å². The highest BCUT2D eigenvalue weighted by Crippen LogP contribution is 2.14. The maximum atomic E-state index is 13.5. The molecule has 0 radical (unpaired) electrons. The number of hydrogen-bond acceptors (Lipinski definition) is 4. The maximum Gasteiger partial charge on any atom is 0.254 e. The van der Waals surface area contributed by atoms with Gasteiger partial charge >= 0.3 is 0 Å². The molecule has 0 spiro atoms. The first-order valence-corrected chi connectivity index (χ1v) is 5.24. The third-order valence-corrected chi connectivity index (χ3v) is 2.23. The van der Waals surface area contributed by atoms with E-state index < -0.39 is 23.2 Å². The number of hydrogen-bond donors (Lipinski definition) is 3. The molecule has 1 aromatic heterocycles. The molecule has 0 saturated heterocycles. The molecule has 0 saturated carbocycles. The van der Waals surface area contributed by atoms with Crippen LogP contribution in [0.5, 0.6) is 0 Å². The molecule has 0 fully saturated rings. The molecule has 1 heterocycles. The smallest absolute Gasteiger partial charge is 0.254 e. The van der Waals surface area contributed by atoms with Gasteiger partial charge in [0, 0.05) is 18.2 Å². The zero-order valence-corrected chi connectivity index (χ0v) is 10.2. The van der Waals surface area contributed by atoms with Crippen molar-refractivity contribution in [3.05, 3.63) is 23.6 Å². The third-order valence-electron chi connectivity index (χ3n) is 2.23. The number of carbonyl (C=O) groups excluding carboxylic acids is 2. The molecular formula is C11H15FN4O2. The summed E-state index contributed by atoms with van der Waals surface area (Å²) in [6, 6.07) is 1.21. The Morgan fingerprint density at radius 2 is 2.11 bits per heavy atom. The van der Waals surface area contributed by atoms with E-state index in [1.54, 1.807) is 13.8 Å². The molecule has 0 aliphatic rings. The van der Waals surface area contributed by atoms with Crippen LogP contribution in [0.2, 0.25) is 0 Å². The van der Waals surface area contributed by atoms with E-state index in [0.29, 0.717) is 0 Å². The number of nitrogens with one attached hydrogen (secondary N) is 1. The van der Waals surface area contributed by atoms with E-state index in [1.807, 2.05) is 0 Å². The SMILES string of the molecule is CC(C)(CC(N)=O)NC(=O)c1ccnc(N)c1F. The van der Waals surface area contributed by atoms with Gasteiger partial charge in [-0.05, 0) is 19.9 Å². The van der Waals surface area contributed by atoms with E-state index >= 15 is 0 Å². The van der Waals surface area contributed by atoms with E-state index in [0.717, 1.165) is 0 Å². The van der Waals surface area contributed by atoms with Gasteiger partial charge < -0.3 is 16.8 Å². The molecule has 7 heteroatoms. The van der Waals surface area contributed by atoms with Crippen LogP contribution in [0.25, 0.3) is 0 Å². The van der Waals surface area contributed by atoms with Gasteiger partial charge in [-0.1, -0.05) is 0 Å². The Kier molecular flexibility index (Phi) is 3.85. The first-order valence-electron chi connectivity index (χ1n) is 5.24. The Morgan fingerprint density at radius 3 is 2.67 bits per heavy atom. The maximum absolute atomic E-state index is 13.5. The lowest BCUT2D eigenvalue weighted by molar-refractivity contribution is -0.119. The van der Waals surface area contributed by atoms with Crippen LogP contribution in [0.4, 0.5) is 10.2 Å². The molecule has 0 aromatic carbocycles. The summed E-state index contributed by atoms with van der Waals surface area (Å²) < 4.78 is 13.5. The highest BCUT2D eigenvalue weighted by atomic mass is 19.1. The first-order chi connectivity index (χ1) is 8.23. The number of pyridine rings is 1. The van der Waals surface area contributed by atoms with Crippen molar-refractivity contribution in [2.75, 3.05) is 5.73 Å². The number of nitrogens with two attached hydrogens (primary N) is 2. The van der Waals surface area contributed by atoms with Gasteiger partial charge in [0.15, 0.2) is 11.6 Å². The van der Waals surface area contributed by atoms with Gasteiger partial charge in [-0.25, -0.2) is 9.37 Å². The lowest BCUT2D eigenvalue weighted by atomic mass is 9.99. The standard InChI is InChI=1S/C11H15FN4O2/c1-11(2,5-7(13)17)16-10(18)6-3-4-15-9(14)8(6)12/h3-4H,5H2,1-2H3,(H2,13,17)(H2,14,15)(H,16,18). The fourth-order valence-corrected chi connectivity index (χ4v) is 1.49. The van der Waals surface area contributed by atoms with Crippen molar-refractivity contribution < 1.29 is 14.0 Å². The molecule has 1 aromatic rings. The number of anilines is 1. The molecule has 0 aliphatic heterocycles. The predicted molar refractivity (Wildman–Crippen MR) is 64.0 cm³/mol. The largest absolute Gasteiger partial charge is 0.381 e. The summed E-state index contributed by atoms with van der Waals surface area (Å²) in [5.74, 6) is -2.47. The molecule has 2 amide bonds. The predicted octanol–water partition coefficient (Wildman–Crippen LogP) is 0.187. The Balaban J connectivity index is 2.89. The first kappa shape index (κ1) is 13.9. The Hall–Kier alpha value is -2.18. The summed E-state index contributed by atoms with van der Waals surface area (Å²) in [5.41, 5.74) is 9.23. The minimum atomic E-state index is -0.884. The van der Waals surface area contributed by atoms with Crippen molar-refractivity contribution >= 4 is 17.6 Å². The highest BCUT2D eigenvalue weighted by molar-refractivity contribution is 5.95. The van der Waals surface area contributed by atoms with Crippen molar-refractivity contribution in [1.82, 2.24) is 10.3 Å². The molecule has 0 bridgehead atoms. The molecular weight excluding hydrogens is 239 g/mol. The summed E-state index contributed by atoms with van der Waals surface area (Å²) in [7, 11) is 0. The number of primary amides is 1. The van der Waals surface area contributed by atoms with Crippen molar-refractivity contribution in [1.29, 1.82) is 0 Å². The summed E-state index contributed by atoms with van der Waals surface area (Å²) in [6.07, 6.45) is 1.18. The highest BCUT2D eigenvalue weighted by Gasteiger charge is 2.25. The second kappa shape index (κ2) is 4.99. The Bertz CT molecular complexity index is 488. The number of nitrogen functional groups attached to an aromatic ring is 1. The van der Waals surface area contributed by atoms with Crippen molar-refractivity contribution in [2.24, 2.45) is 5.73 Å². The van der Waals surface area contributed by atoms with Gasteiger partial charge in [-0.3, -0.25) is 9.59 Å². The molecule has 6 nitrogen and oxygen atoms in total. The van der Waals surface area contributed by atoms with E-state index in [9.17, 15) is 14.0 Å². The quantitative estimate of drug-likeness (QED) is 0.711. The van der Waals surface area contributed by atoms with Crippen LogP contribution in [-0.2, 0) is 4.79 Å². The number of rotatable bonds is 4. The fraction of sp³-hybridized carbons (Fsp3) is 0.364. The summed E-state index contributed by atoms with van der Waals surface area (Å²) in [4.78, 5) is 26.2. The minimum absolute atomic E-state index is 0.0546. The molecule has 0 atom stereocenters. The van der Waals surface area contributed by atoms with Gasteiger partial charge in [0.2, 0.25) is 5.91 Å². The van der Waals surface area contributed by atoms with Crippen LogP contribution in [0, 0.1) is 5.82 Å². The summed E-state index contributed by atoms with van der Waals surface area (Å²) in [6.45, 7) is 3.22. The number of halogens is 1. The van der Waals surface area contributed by atoms with Crippen LogP contribution in [0.3, 0.4) is 0 Å². The average Bonchev–Trinajstić information content (AvgIpc) is 2.18. The molecule has 1 rings (SSSR count). The lowest BCUT2D eigenvalue weighted by Crippen LogP contribution is -2.46. The average molecular weight is 254 g/mol.